The van der Waals surface area contributed by atoms with Crippen LogP contribution in [0.4, 0.5) is 5.69 Å². The van der Waals surface area contributed by atoms with Crippen LogP contribution in [0.2, 0.25) is 0 Å². The number of aromatic nitrogens is 3. The highest BCUT2D eigenvalue weighted by Crippen LogP contribution is 2.29. The molecule has 0 saturated heterocycles. The van der Waals surface area contributed by atoms with E-state index in [1.807, 2.05) is 60.9 Å². The summed E-state index contributed by atoms with van der Waals surface area (Å²) >= 11 is 4.88. The molecule has 0 unspecified atom stereocenters. The number of nitrogens with one attached hydrogen (secondary N) is 1. The fraction of sp³-hybridized carbons (Fsp3) is 0.192. The molecule has 0 fully saturated rings. The lowest BCUT2D eigenvalue weighted by Crippen LogP contribution is -2.16. The number of amides is 1. The molecule has 0 bridgehead atoms. The van der Waals surface area contributed by atoms with Crippen molar-refractivity contribution < 1.29 is 4.79 Å². The molecule has 0 atom stereocenters. The van der Waals surface area contributed by atoms with Crippen LogP contribution in [0.15, 0.2) is 76.4 Å². The van der Waals surface area contributed by atoms with Gasteiger partial charge in [0.15, 0.2) is 11.0 Å². The van der Waals surface area contributed by atoms with E-state index in [0.29, 0.717) is 5.16 Å². The van der Waals surface area contributed by atoms with E-state index in [1.54, 1.807) is 0 Å². The van der Waals surface area contributed by atoms with Crippen molar-refractivity contribution >= 4 is 39.3 Å². The summed E-state index contributed by atoms with van der Waals surface area (Å²) in [6.45, 7) is 6.12. The highest BCUT2D eigenvalue weighted by atomic mass is 79.9. The fourth-order valence-corrected chi connectivity index (χ4v) is 5.10. The molecule has 168 valence electrons. The van der Waals surface area contributed by atoms with E-state index in [4.69, 9.17) is 0 Å². The van der Waals surface area contributed by atoms with Gasteiger partial charge < -0.3 is 5.32 Å². The van der Waals surface area contributed by atoms with Gasteiger partial charge in [0.25, 0.3) is 0 Å². The summed E-state index contributed by atoms with van der Waals surface area (Å²) in [7, 11) is 0. The lowest BCUT2D eigenvalue weighted by atomic mass is 10.1. The first-order chi connectivity index (χ1) is 16.0. The molecule has 1 heterocycles. The summed E-state index contributed by atoms with van der Waals surface area (Å²) in [5, 5.41) is 12.6. The summed E-state index contributed by atoms with van der Waals surface area (Å²) in [5.74, 6) is 0.905. The second kappa shape index (κ2) is 10.4. The Morgan fingerprint density at radius 1 is 1.00 bits per heavy atom. The smallest absolute Gasteiger partial charge is 0.234 e. The van der Waals surface area contributed by atoms with Gasteiger partial charge in [-0.1, -0.05) is 77.1 Å². The maximum absolute atomic E-state index is 12.8. The Labute approximate surface area is 206 Å². The van der Waals surface area contributed by atoms with Crippen molar-refractivity contribution in [1.82, 2.24) is 14.8 Å². The highest BCUT2D eigenvalue weighted by Gasteiger charge is 2.18. The second-order valence-electron chi connectivity index (χ2n) is 7.78. The monoisotopic (exact) mass is 520 g/mol. The van der Waals surface area contributed by atoms with E-state index in [2.05, 4.69) is 62.6 Å². The topological polar surface area (TPSA) is 59.8 Å². The van der Waals surface area contributed by atoms with Crippen molar-refractivity contribution in [2.24, 2.45) is 0 Å². The molecule has 0 aliphatic rings. The molecule has 0 aliphatic carbocycles. The zero-order valence-electron chi connectivity index (χ0n) is 18.8. The van der Waals surface area contributed by atoms with E-state index >= 15 is 0 Å². The van der Waals surface area contributed by atoms with Crippen molar-refractivity contribution in [3.8, 4) is 17.1 Å². The first-order valence-electron chi connectivity index (χ1n) is 10.8. The quantitative estimate of drug-likeness (QED) is 0.278. The van der Waals surface area contributed by atoms with E-state index in [0.717, 1.165) is 44.8 Å². The molecule has 1 amide bonds. The third-order valence-electron chi connectivity index (χ3n) is 5.36. The summed E-state index contributed by atoms with van der Waals surface area (Å²) in [4.78, 5) is 12.8. The van der Waals surface area contributed by atoms with Gasteiger partial charge in [0, 0.05) is 21.4 Å². The van der Waals surface area contributed by atoms with Crippen LogP contribution >= 0.6 is 27.7 Å². The SMILES string of the molecule is CCc1ccc(-n2c(SCC(=O)Nc3c(C)cc(Br)cc3C)nnc2-c2ccccc2)cc1. The second-order valence-corrected chi connectivity index (χ2v) is 9.64. The molecule has 0 aliphatic heterocycles. The van der Waals surface area contributed by atoms with Gasteiger partial charge in [0.1, 0.15) is 0 Å². The third kappa shape index (κ3) is 5.37. The minimum Gasteiger partial charge on any atom is -0.325 e. The number of benzene rings is 3. The van der Waals surface area contributed by atoms with Crippen molar-refractivity contribution in [2.75, 3.05) is 11.1 Å². The summed E-state index contributed by atoms with van der Waals surface area (Å²) in [6, 6.07) is 22.4. The van der Waals surface area contributed by atoms with Crippen LogP contribution in [0.5, 0.6) is 0 Å². The van der Waals surface area contributed by atoms with Gasteiger partial charge in [-0.15, -0.1) is 10.2 Å². The van der Waals surface area contributed by atoms with E-state index in [-0.39, 0.29) is 11.7 Å². The van der Waals surface area contributed by atoms with Crippen LogP contribution in [0.1, 0.15) is 23.6 Å². The van der Waals surface area contributed by atoms with Crippen LogP contribution in [0, 0.1) is 13.8 Å². The molecule has 1 aromatic heterocycles. The van der Waals surface area contributed by atoms with Crippen molar-refractivity contribution in [1.29, 1.82) is 0 Å². The number of hydrogen-bond donors (Lipinski definition) is 1. The number of aryl methyl sites for hydroxylation is 3. The maximum atomic E-state index is 12.8. The number of carbonyl (C=O) groups excluding carboxylic acids is 1. The maximum Gasteiger partial charge on any atom is 0.234 e. The van der Waals surface area contributed by atoms with Gasteiger partial charge in [0.2, 0.25) is 5.91 Å². The molecule has 1 N–H and O–H groups in total. The number of halogens is 1. The van der Waals surface area contributed by atoms with Gasteiger partial charge in [0.05, 0.1) is 5.75 Å². The van der Waals surface area contributed by atoms with Gasteiger partial charge in [-0.05, 0) is 61.2 Å². The molecule has 4 aromatic rings. The Hall–Kier alpha value is -2.90. The number of thioether (sulfide) groups is 1. The van der Waals surface area contributed by atoms with E-state index in [9.17, 15) is 4.79 Å². The van der Waals surface area contributed by atoms with Crippen molar-refractivity contribution in [3.05, 3.63) is 87.9 Å². The zero-order chi connectivity index (χ0) is 23.4. The highest BCUT2D eigenvalue weighted by molar-refractivity contribution is 9.10. The number of carbonyl (C=O) groups is 1. The summed E-state index contributed by atoms with van der Waals surface area (Å²) < 4.78 is 3.02. The first-order valence-corrected chi connectivity index (χ1v) is 12.5. The van der Waals surface area contributed by atoms with Gasteiger partial charge in [-0.3, -0.25) is 9.36 Å². The molecule has 5 nitrogen and oxygen atoms in total. The van der Waals surface area contributed by atoms with Crippen LogP contribution in [-0.4, -0.2) is 26.4 Å². The van der Waals surface area contributed by atoms with Crippen LogP contribution in [0.3, 0.4) is 0 Å². The van der Waals surface area contributed by atoms with Crippen molar-refractivity contribution in [2.45, 2.75) is 32.3 Å². The zero-order valence-corrected chi connectivity index (χ0v) is 21.2. The van der Waals surface area contributed by atoms with E-state index in [1.165, 1.54) is 17.3 Å². The van der Waals surface area contributed by atoms with Gasteiger partial charge in [-0.25, -0.2) is 0 Å². The lowest BCUT2D eigenvalue weighted by molar-refractivity contribution is -0.113. The Balaban J connectivity index is 1.60. The number of hydrogen-bond acceptors (Lipinski definition) is 4. The van der Waals surface area contributed by atoms with Gasteiger partial charge >= 0.3 is 0 Å². The van der Waals surface area contributed by atoms with Crippen LogP contribution in [-0.2, 0) is 11.2 Å². The minimum atomic E-state index is -0.0781. The van der Waals surface area contributed by atoms with E-state index < -0.39 is 0 Å². The Bertz CT molecular complexity index is 1250. The first kappa shape index (κ1) is 23.3. The number of nitrogens with zero attached hydrogens (tertiary/aromatic N) is 3. The number of anilines is 1. The molecule has 4 rings (SSSR count). The molecule has 0 radical (unpaired) electrons. The Morgan fingerprint density at radius 2 is 1.67 bits per heavy atom. The largest absolute Gasteiger partial charge is 0.325 e. The molecule has 7 heteroatoms. The average molecular weight is 521 g/mol. The van der Waals surface area contributed by atoms with Crippen LogP contribution < -0.4 is 5.32 Å². The Morgan fingerprint density at radius 3 is 2.30 bits per heavy atom. The predicted octanol–water partition coefficient (Wildman–Crippen LogP) is 6.61. The van der Waals surface area contributed by atoms with Crippen LogP contribution in [0.25, 0.3) is 17.1 Å². The Kier molecular flexibility index (Phi) is 7.30. The average Bonchev–Trinajstić information content (AvgIpc) is 3.24. The number of rotatable bonds is 7. The predicted molar refractivity (Wildman–Crippen MR) is 139 cm³/mol. The molecule has 0 saturated carbocycles. The molecule has 33 heavy (non-hydrogen) atoms. The fourth-order valence-electron chi connectivity index (χ4n) is 3.66. The minimum absolute atomic E-state index is 0.0781. The standard InChI is InChI=1S/C26H25BrN4OS/c1-4-19-10-12-22(13-11-19)31-25(20-8-6-5-7-9-20)29-30-26(31)33-16-23(32)28-24-17(2)14-21(27)15-18(24)3/h5-15H,4,16H2,1-3H3,(H,28,32). The third-order valence-corrected chi connectivity index (χ3v) is 6.75. The normalized spacial score (nSPS) is 10.9. The van der Waals surface area contributed by atoms with Crippen molar-refractivity contribution in [3.63, 3.8) is 0 Å². The molecular weight excluding hydrogens is 496 g/mol. The summed E-state index contributed by atoms with van der Waals surface area (Å²) in [6.07, 6.45) is 0.977. The molecule has 0 spiro atoms. The lowest BCUT2D eigenvalue weighted by Gasteiger charge is -2.13. The van der Waals surface area contributed by atoms with Gasteiger partial charge in [-0.2, -0.15) is 0 Å². The molecular formula is C26H25BrN4OS. The summed E-state index contributed by atoms with van der Waals surface area (Å²) in [5.41, 5.74) is 6.10. The molecule has 3 aromatic carbocycles.